The van der Waals surface area contributed by atoms with E-state index in [1.165, 1.54) is 18.2 Å². The Morgan fingerprint density at radius 1 is 1.21 bits per heavy atom. The van der Waals surface area contributed by atoms with Crippen LogP contribution in [-0.4, -0.2) is 5.91 Å². The molecule has 0 atom stereocenters. The van der Waals surface area contributed by atoms with Gasteiger partial charge in [0.25, 0.3) is 5.91 Å². The first-order valence-corrected chi connectivity index (χ1v) is 6.36. The molecule has 0 saturated carbocycles. The lowest BCUT2D eigenvalue weighted by Gasteiger charge is -2.08. The van der Waals surface area contributed by atoms with Crippen LogP contribution in [0.4, 0.5) is 10.1 Å². The summed E-state index contributed by atoms with van der Waals surface area (Å²) in [4.78, 5) is 12.0. The van der Waals surface area contributed by atoms with Crippen molar-refractivity contribution in [1.82, 2.24) is 0 Å². The van der Waals surface area contributed by atoms with Gasteiger partial charge in [0.05, 0.1) is 0 Å². The summed E-state index contributed by atoms with van der Waals surface area (Å²) in [5.74, 6) is -0.165. The third-order valence-electron chi connectivity index (χ3n) is 2.80. The summed E-state index contributed by atoms with van der Waals surface area (Å²) in [6, 6.07) is 11.4. The summed E-state index contributed by atoms with van der Waals surface area (Å²) in [5, 5.41) is 2.77. The highest BCUT2D eigenvalue weighted by Crippen LogP contribution is 2.15. The van der Waals surface area contributed by atoms with Gasteiger partial charge in [0, 0.05) is 17.1 Å². The van der Waals surface area contributed by atoms with Crippen LogP contribution < -0.4 is 5.32 Å². The van der Waals surface area contributed by atoms with E-state index in [0.717, 1.165) is 5.56 Å². The number of benzene rings is 2. The minimum absolute atomic E-state index is 0.254. The van der Waals surface area contributed by atoms with Crippen LogP contribution in [-0.2, 0) is 5.88 Å². The van der Waals surface area contributed by atoms with Crippen LogP contribution in [0.15, 0.2) is 42.5 Å². The zero-order valence-electron chi connectivity index (χ0n) is 10.4. The summed E-state index contributed by atoms with van der Waals surface area (Å²) < 4.78 is 13.0. The highest BCUT2D eigenvalue weighted by molar-refractivity contribution is 6.17. The number of amides is 1. The quantitative estimate of drug-likeness (QED) is 0.840. The second-order valence-electron chi connectivity index (χ2n) is 4.24. The van der Waals surface area contributed by atoms with Gasteiger partial charge in [0.1, 0.15) is 5.82 Å². The van der Waals surface area contributed by atoms with Crippen molar-refractivity contribution >= 4 is 23.2 Å². The minimum atomic E-state index is -0.347. The van der Waals surface area contributed by atoms with Crippen LogP contribution in [0.1, 0.15) is 21.5 Å². The van der Waals surface area contributed by atoms with E-state index in [1.54, 1.807) is 19.1 Å². The number of hydrogen-bond acceptors (Lipinski definition) is 1. The van der Waals surface area contributed by atoms with Gasteiger partial charge in [0.2, 0.25) is 0 Å². The maximum Gasteiger partial charge on any atom is 0.255 e. The maximum atomic E-state index is 13.0. The number of anilines is 1. The van der Waals surface area contributed by atoms with Gasteiger partial charge in [-0.25, -0.2) is 4.39 Å². The fraction of sp³-hybridized carbons (Fsp3) is 0.133. The van der Waals surface area contributed by atoms with E-state index in [1.807, 2.05) is 12.1 Å². The highest BCUT2D eigenvalue weighted by atomic mass is 35.5. The molecule has 98 valence electrons. The van der Waals surface area contributed by atoms with Crippen molar-refractivity contribution in [3.05, 3.63) is 65.0 Å². The predicted molar refractivity (Wildman–Crippen MR) is 75.1 cm³/mol. The van der Waals surface area contributed by atoms with Gasteiger partial charge >= 0.3 is 0 Å². The summed E-state index contributed by atoms with van der Waals surface area (Å²) in [5.41, 5.74) is 2.73. The molecule has 1 amide bonds. The zero-order chi connectivity index (χ0) is 13.8. The SMILES string of the molecule is Cc1cc(F)ccc1C(=O)Nc1ccc(CCl)cc1. The number of alkyl halides is 1. The average Bonchev–Trinajstić information content (AvgIpc) is 2.39. The monoisotopic (exact) mass is 277 g/mol. The Morgan fingerprint density at radius 2 is 1.89 bits per heavy atom. The van der Waals surface area contributed by atoms with Crippen molar-refractivity contribution in [1.29, 1.82) is 0 Å². The molecule has 0 saturated heterocycles. The fourth-order valence-corrected chi connectivity index (χ4v) is 1.94. The lowest BCUT2D eigenvalue weighted by molar-refractivity contribution is 0.102. The van der Waals surface area contributed by atoms with E-state index in [0.29, 0.717) is 22.7 Å². The normalized spacial score (nSPS) is 10.3. The summed E-state index contributed by atoms with van der Waals surface area (Å²) in [7, 11) is 0. The second kappa shape index (κ2) is 5.85. The number of hydrogen-bond donors (Lipinski definition) is 1. The van der Waals surface area contributed by atoms with Crippen LogP contribution in [0, 0.1) is 12.7 Å². The van der Waals surface area contributed by atoms with Gasteiger partial charge in [-0.3, -0.25) is 4.79 Å². The molecular formula is C15H13ClFNO. The van der Waals surface area contributed by atoms with E-state index < -0.39 is 0 Å². The molecule has 0 bridgehead atoms. The molecule has 0 unspecified atom stereocenters. The molecule has 2 aromatic rings. The van der Waals surface area contributed by atoms with Crippen molar-refractivity contribution in [2.45, 2.75) is 12.8 Å². The van der Waals surface area contributed by atoms with E-state index >= 15 is 0 Å². The van der Waals surface area contributed by atoms with Gasteiger partial charge in [-0.05, 0) is 48.4 Å². The van der Waals surface area contributed by atoms with Crippen molar-refractivity contribution in [2.24, 2.45) is 0 Å². The minimum Gasteiger partial charge on any atom is -0.322 e. The Balaban J connectivity index is 2.15. The summed E-state index contributed by atoms with van der Waals surface area (Å²) in [6.07, 6.45) is 0. The molecule has 0 aliphatic carbocycles. The Kier molecular flexibility index (Phi) is 4.17. The number of rotatable bonds is 3. The predicted octanol–water partition coefficient (Wildman–Crippen LogP) is 4.13. The third kappa shape index (κ3) is 3.32. The van der Waals surface area contributed by atoms with Crippen LogP contribution in [0.5, 0.6) is 0 Å². The lowest BCUT2D eigenvalue weighted by atomic mass is 10.1. The molecule has 0 aromatic heterocycles. The van der Waals surface area contributed by atoms with E-state index in [4.69, 9.17) is 11.6 Å². The molecule has 0 spiro atoms. The molecule has 0 aliphatic heterocycles. The first-order valence-electron chi connectivity index (χ1n) is 5.82. The summed E-state index contributed by atoms with van der Waals surface area (Å²) >= 11 is 5.69. The van der Waals surface area contributed by atoms with E-state index in [-0.39, 0.29) is 11.7 Å². The first kappa shape index (κ1) is 13.6. The molecule has 19 heavy (non-hydrogen) atoms. The van der Waals surface area contributed by atoms with E-state index in [9.17, 15) is 9.18 Å². The molecule has 0 fully saturated rings. The maximum absolute atomic E-state index is 13.0. The van der Waals surface area contributed by atoms with Gasteiger partial charge < -0.3 is 5.32 Å². The zero-order valence-corrected chi connectivity index (χ0v) is 11.2. The number of nitrogens with one attached hydrogen (secondary N) is 1. The molecule has 1 N–H and O–H groups in total. The highest BCUT2D eigenvalue weighted by Gasteiger charge is 2.09. The molecule has 0 aliphatic rings. The van der Waals surface area contributed by atoms with Crippen molar-refractivity contribution in [2.75, 3.05) is 5.32 Å². The largest absolute Gasteiger partial charge is 0.322 e. The number of carbonyl (C=O) groups excluding carboxylic acids is 1. The topological polar surface area (TPSA) is 29.1 Å². The van der Waals surface area contributed by atoms with Crippen LogP contribution >= 0.6 is 11.6 Å². The lowest BCUT2D eigenvalue weighted by Crippen LogP contribution is -2.13. The number of carbonyl (C=O) groups is 1. The first-order chi connectivity index (χ1) is 9.10. The van der Waals surface area contributed by atoms with Crippen LogP contribution in [0.3, 0.4) is 0 Å². The van der Waals surface area contributed by atoms with Crippen molar-refractivity contribution < 1.29 is 9.18 Å². The molecule has 2 nitrogen and oxygen atoms in total. The third-order valence-corrected chi connectivity index (χ3v) is 3.11. The molecular weight excluding hydrogens is 265 g/mol. The van der Waals surface area contributed by atoms with Gasteiger partial charge in [-0.15, -0.1) is 11.6 Å². The van der Waals surface area contributed by atoms with Crippen molar-refractivity contribution in [3.63, 3.8) is 0 Å². The molecule has 2 aromatic carbocycles. The van der Waals surface area contributed by atoms with E-state index in [2.05, 4.69) is 5.32 Å². The number of halogens is 2. The van der Waals surface area contributed by atoms with Crippen molar-refractivity contribution in [3.8, 4) is 0 Å². The number of aryl methyl sites for hydroxylation is 1. The second-order valence-corrected chi connectivity index (χ2v) is 4.51. The van der Waals surface area contributed by atoms with Crippen LogP contribution in [0.25, 0.3) is 0 Å². The Labute approximate surface area is 116 Å². The molecule has 2 rings (SSSR count). The van der Waals surface area contributed by atoms with Crippen LogP contribution in [0.2, 0.25) is 0 Å². The standard InChI is InChI=1S/C15H13ClFNO/c1-10-8-12(17)4-7-14(10)15(19)18-13-5-2-11(9-16)3-6-13/h2-8H,9H2,1H3,(H,18,19). The Morgan fingerprint density at radius 3 is 2.47 bits per heavy atom. The van der Waals surface area contributed by atoms with Gasteiger partial charge in [-0.2, -0.15) is 0 Å². The smallest absolute Gasteiger partial charge is 0.255 e. The Bertz CT molecular complexity index is 596. The molecule has 0 heterocycles. The van der Waals surface area contributed by atoms with Gasteiger partial charge in [0.15, 0.2) is 0 Å². The average molecular weight is 278 g/mol. The fourth-order valence-electron chi connectivity index (χ4n) is 1.76. The molecule has 0 radical (unpaired) electrons. The Hall–Kier alpha value is -1.87. The van der Waals surface area contributed by atoms with Gasteiger partial charge in [-0.1, -0.05) is 12.1 Å². The summed E-state index contributed by atoms with van der Waals surface area (Å²) in [6.45, 7) is 1.70. The molecule has 4 heteroatoms.